The van der Waals surface area contributed by atoms with Gasteiger partial charge in [-0.05, 0) is 35.8 Å². The fraction of sp³-hybridized carbons (Fsp3) is 0.500. The zero-order valence-corrected chi connectivity index (χ0v) is 12.4. The topological polar surface area (TPSA) is 68.5 Å². The van der Waals surface area contributed by atoms with Crippen LogP contribution < -0.4 is 5.73 Å². The fourth-order valence-electron chi connectivity index (χ4n) is 1.56. The third-order valence-electron chi connectivity index (χ3n) is 2.54. The van der Waals surface area contributed by atoms with Gasteiger partial charge in [0.05, 0.1) is 12.2 Å². The Morgan fingerprint density at radius 3 is 2.83 bits per heavy atom. The number of halogens is 1. The lowest BCUT2D eigenvalue weighted by Crippen LogP contribution is -2.39. The summed E-state index contributed by atoms with van der Waals surface area (Å²) in [6.07, 6.45) is 1.57. The maximum Gasteiger partial charge on any atom is 0.257 e. The minimum absolute atomic E-state index is 0.0750. The average molecular weight is 316 g/mol. The maximum absolute atomic E-state index is 12.4. The van der Waals surface area contributed by atoms with Crippen LogP contribution >= 0.6 is 15.9 Å². The largest absolute Gasteiger partial charge is 0.383 e. The van der Waals surface area contributed by atoms with Crippen molar-refractivity contribution in [3.05, 3.63) is 22.3 Å². The third kappa shape index (κ3) is 3.68. The van der Waals surface area contributed by atoms with Crippen molar-refractivity contribution in [3.63, 3.8) is 0 Å². The first-order chi connectivity index (χ1) is 8.47. The molecule has 6 heteroatoms. The van der Waals surface area contributed by atoms with Crippen molar-refractivity contribution in [2.45, 2.75) is 19.9 Å². The smallest absolute Gasteiger partial charge is 0.257 e. The van der Waals surface area contributed by atoms with E-state index in [0.29, 0.717) is 18.7 Å². The van der Waals surface area contributed by atoms with Gasteiger partial charge in [0.2, 0.25) is 0 Å². The lowest BCUT2D eigenvalue weighted by Gasteiger charge is -2.26. The summed E-state index contributed by atoms with van der Waals surface area (Å²) in [5, 5.41) is 0. The molecule has 0 saturated carbocycles. The molecule has 0 bridgehead atoms. The number of carbonyl (C=O) groups excluding carboxylic acids is 1. The zero-order chi connectivity index (χ0) is 13.7. The number of amides is 1. The molecule has 0 aliphatic rings. The molecule has 0 fully saturated rings. The first kappa shape index (κ1) is 14.9. The van der Waals surface area contributed by atoms with E-state index >= 15 is 0 Å². The zero-order valence-electron chi connectivity index (χ0n) is 10.8. The van der Waals surface area contributed by atoms with Crippen LogP contribution in [-0.2, 0) is 4.74 Å². The van der Waals surface area contributed by atoms with Crippen LogP contribution in [0.25, 0.3) is 0 Å². The molecule has 0 aliphatic carbocycles. The highest BCUT2D eigenvalue weighted by Gasteiger charge is 2.21. The van der Waals surface area contributed by atoms with Crippen molar-refractivity contribution in [2.75, 3.05) is 26.0 Å². The van der Waals surface area contributed by atoms with Gasteiger partial charge in [-0.15, -0.1) is 0 Å². The van der Waals surface area contributed by atoms with Crippen LogP contribution in [-0.4, -0.2) is 42.1 Å². The van der Waals surface area contributed by atoms with Crippen LogP contribution in [0.5, 0.6) is 0 Å². The number of carbonyl (C=O) groups is 1. The predicted molar refractivity (Wildman–Crippen MR) is 74.4 cm³/mol. The molecule has 1 heterocycles. The van der Waals surface area contributed by atoms with Crippen molar-refractivity contribution in [2.24, 2.45) is 0 Å². The Labute approximate surface area is 115 Å². The Morgan fingerprint density at radius 2 is 2.28 bits per heavy atom. The average Bonchev–Trinajstić information content (AvgIpc) is 2.32. The Balaban J connectivity index is 2.98. The molecule has 1 aromatic heterocycles. The molecule has 0 spiro atoms. The van der Waals surface area contributed by atoms with E-state index in [2.05, 4.69) is 20.9 Å². The second-order valence-electron chi connectivity index (χ2n) is 4.17. The number of rotatable bonds is 5. The highest BCUT2D eigenvalue weighted by Crippen LogP contribution is 2.18. The summed E-state index contributed by atoms with van der Waals surface area (Å²) in [6.45, 7) is 4.93. The van der Waals surface area contributed by atoms with E-state index in [0.717, 1.165) is 4.47 Å². The van der Waals surface area contributed by atoms with E-state index in [1.807, 2.05) is 13.8 Å². The molecule has 0 aliphatic heterocycles. The number of pyridine rings is 1. The molecular weight excluding hydrogens is 298 g/mol. The summed E-state index contributed by atoms with van der Waals surface area (Å²) in [7, 11) is 1.61. The molecular formula is C12H18BrN3O2. The minimum atomic E-state index is -0.131. The molecule has 0 atom stereocenters. The summed E-state index contributed by atoms with van der Waals surface area (Å²) in [4.78, 5) is 18.1. The van der Waals surface area contributed by atoms with Crippen LogP contribution in [0.3, 0.4) is 0 Å². The fourth-order valence-corrected chi connectivity index (χ4v) is 1.89. The van der Waals surface area contributed by atoms with Crippen LogP contribution in [0.1, 0.15) is 24.2 Å². The van der Waals surface area contributed by atoms with Crippen molar-refractivity contribution in [1.82, 2.24) is 9.88 Å². The summed E-state index contributed by atoms with van der Waals surface area (Å²) in [5.41, 5.74) is 6.16. The van der Waals surface area contributed by atoms with Crippen LogP contribution in [0, 0.1) is 0 Å². The van der Waals surface area contributed by atoms with Gasteiger partial charge in [-0.2, -0.15) is 0 Å². The molecule has 1 rings (SSSR count). The number of nitrogen functional groups attached to an aromatic ring is 1. The lowest BCUT2D eigenvalue weighted by atomic mass is 10.2. The van der Waals surface area contributed by atoms with E-state index in [9.17, 15) is 4.79 Å². The van der Waals surface area contributed by atoms with Gasteiger partial charge in [0, 0.05) is 30.4 Å². The number of nitrogens with zero attached hydrogens (tertiary/aromatic N) is 2. The molecule has 0 aromatic carbocycles. The third-order valence-corrected chi connectivity index (χ3v) is 2.97. The first-order valence-corrected chi connectivity index (χ1v) is 6.47. The second kappa shape index (κ2) is 6.70. The summed E-state index contributed by atoms with van der Waals surface area (Å²) < 4.78 is 5.74. The van der Waals surface area contributed by atoms with Gasteiger partial charge in [0.25, 0.3) is 5.91 Å². The summed E-state index contributed by atoms with van der Waals surface area (Å²) in [5.74, 6) is 0.111. The van der Waals surface area contributed by atoms with E-state index < -0.39 is 0 Å². The second-order valence-corrected chi connectivity index (χ2v) is 5.09. The Bertz CT molecular complexity index is 424. The molecule has 18 heavy (non-hydrogen) atoms. The maximum atomic E-state index is 12.4. The molecule has 0 saturated heterocycles. The number of hydrogen-bond donors (Lipinski definition) is 1. The first-order valence-electron chi connectivity index (χ1n) is 5.68. The molecule has 0 unspecified atom stereocenters. The minimum Gasteiger partial charge on any atom is -0.383 e. The van der Waals surface area contributed by atoms with E-state index in [4.69, 9.17) is 10.5 Å². The molecule has 2 N–H and O–H groups in total. The van der Waals surface area contributed by atoms with Crippen molar-refractivity contribution < 1.29 is 9.53 Å². The number of ether oxygens (including phenoxy) is 1. The van der Waals surface area contributed by atoms with Gasteiger partial charge in [-0.3, -0.25) is 4.79 Å². The van der Waals surface area contributed by atoms with E-state index in [-0.39, 0.29) is 17.8 Å². The Hall–Kier alpha value is -1.14. The van der Waals surface area contributed by atoms with Gasteiger partial charge in [0.1, 0.15) is 5.82 Å². The number of methoxy groups -OCH3 is 1. The van der Waals surface area contributed by atoms with Crippen LogP contribution in [0.4, 0.5) is 5.82 Å². The van der Waals surface area contributed by atoms with Crippen molar-refractivity contribution in [1.29, 1.82) is 0 Å². The monoisotopic (exact) mass is 315 g/mol. The van der Waals surface area contributed by atoms with Gasteiger partial charge in [-0.1, -0.05) is 0 Å². The Morgan fingerprint density at radius 1 is 1.61 bits per heavy atom. The molecule has 5 nitrogen and oxygen atoms in total. The molecule has 1 aromatic rings. The number of nitrogens with two attached hydrogens (primary N) is 1. The van der Waals surface area contributed by atoms with Gasteiger partial charge >= 0.3 is 0 Å². The summed E-state index contributed by atoms with van der Waals surface area (Å²) >= 11 is 3.29. The van der Waals surface area contributed by atoms with Crippen LogP contribution in [0.2, 0.25) is 0 Å². The van der Waals surface area contributed by atoms with Gasteiger partial charge < -0.3 is 15.4 Å². The highest BCUT2D eigenvalue weighted by molar-refractivity contribution is 9.10. The van der Waals surface area contributed by atoms with Gasteiger partial charge in [0.15, 0.2) is 0 Å². The highest BCUT2D eigenvalue weighted by atomic mass is 79.9. The molecule has 0 radical (unpaired) electrons. The van der Waals surface area contributed by atoms with Crippen molar-refractivity contribution >= 4 is 27.7 Å². The predicted octanol–water partition coefficient (Wildman–Crippen LogP) is 1.92. The summed E-state index contributed by atoms with van der Waals surface area (Å²) in [6, 6.07) is 1.76. The number of aromatic nitrogens is 1. The molecule has 100 valence electrons. The van der Waals surface area contributed by atoms with Gasteiger partial charge in [-0.25, -0.2) is 4.98 Å². The molecule has 1 amide bonds. The quantitative estimate of drug-likeness (QED) is 0.901. The normalized spacial score (nSPS) is 10.7. The standard InChI is InChI=1S/C12H18BrN3O2/c1-8(2)16(4-5-18-3)12(17)10-6-9(13)7-15-11(10)14/h6-8H,4-5H2,1-3H3,(H2,14,15). The van der Waals surface area contributed by atoms with E-state index in [1.165, 1.54) is 0 Å². The number of anilines is 1. The SMILES string of the molecule is COCCN(C(=O)c1cc(Br)cnc1N)C(C)C. The van der Waals surface area contributed by atoms with E-state index in [1.54, 1.807) is 24.3 Å². The number of hydrogen-bond acceptors (Lipinski definition) is 4. The lowest BCUT2D eigenvalue weighted by molar-refractivity contribution is 0.0635. The Kier molecular flexibility index (Phi) is 5.55. The van der Waals surface area contributed by atoms with Crippen molar-refractivity contribution in [3.8, 4) is 0 Å². The van der Waals surface area contributed by atoms with Crippen LogP contribution in [0.15, 0.2) is 16.7 Å².